The average Bonchev–Trinajstić information content (AvgIpc) is 2.86. The van der Waals surface area contributed by atoms with Gasteiger partial charge in [0.05, 0.1) is 24.3 Å². The highest BCUT2D eigenvalue weighted by Crippen LogP contribution is 2.21. The fourth-order valence-electron chi connectivity index (χ4n) is 1.69. The molecular formula is C12H13FN4O3. The number of nitrogens with one attached hydrogen (secondary N) is 1. The number of hydrogen-bond donors (Lipinski definition) is 2. The van der Waals surface area contributed by atoms with E-state index in [4.69, 9.17) is 5.11 Å². The molecule has 106 valence electrons. The van der Waals surface area contributed by atoms with Gasteiger partial charge >= 0.3 is 5.69 Å². The van der Waals surface area contributed by atoms with Crippen molar-refractivity contribution in [2.75, 3.05) is 11.9 Å². The molecule has 1 heterocycles. The van der Waals surface area contributed by atoms with Gasteiger partial charge in [0.2, 0.25) is 5.82 Å². The minimum absolute atomic E-state index is 0.00128. The van der Waals surface area contributed by atoms with Gasteiger partial charge in [0.15, 0.2) is 0 Å². The molecule has 7 nitrogen and oxygen atoms in total. The summed E-state index contributed by atoms with van der Waals surface area (Å²) in [5.74, 6) is -0.865. The maximum absolute atomic E-state index is 13.2. The summed E-state index contributed by atoms with van der Waals surface area (Å²) in [6.07, 6.45) is 3.38. The van der Waals surface area contributed by atoms with Gasteiger partial charge in [-0.15, -0.1) is 0 Å². The average molecular weight is 280 g/mol. The number of aliphatic hydroxyl groups is 1. The van der Waals surface area contributed by atoms with Gasteiger partial charge in [-0.3, -0.25) is 14.8 Å². The SMILES string of the molecule is O=[N+]([O-])c1cc(NCc2cnn(CCO)c2)ccc1F. The lowest BCUT2D eigenvalue weighted by Gasteiger charge is -2.04. The minimum atomic E-state index is -0.865. The number of nitro groups is 1. The first-order valence-electron chi connectivity index (χ1n) is 5.90. The van der Waals surface area contributed by atoms with Crippen LogP contribution in [0.2, 0.25) is 0 Å². The van der Waals surface area contributed by atoms with Crippen LogP contribution in [-0.4, -0.2) is 26.4 Å². The van der Waals surface area contributed by atoms with E-state index in [0.29, 0.717) is 18.8 Å². The quantitative estimate of drug-likeness (QED) is 0.618. The molecule has 0 saturated heterocycles. The summed E-state index contributed by atoms with van der Waals surface area (Å²) in [5, 5.41) is 26.4. The van der Waals surface area contributed by atoms with Crippen LogP contribution in [0, 0.1) is 15.9 Å². The largest absolute Gasteiger partial charge is 0.394 e. The summed E-state index contributed by atoms with van der Waals surface area (Å²) in [4.78, 5) is 9.86. The summed E-state index contributed by atoms with van der Waals surface area (Å²) in [5.41, 5.74) is 0.740. The molecule has 0 spiro atoms. The standard InChI is InChI=1S/C12H13FN4O3/c13-11-2-1-10(5-12(11)17(19)20)14-6-9-7-15-16(8-9)3-4-18/h1-2,5,7-8,14,18H,3-4,6H2. The highest BCUT2D eigenvalue weighted by atomic mass is 19.1. The third kappa shape index (κ3) is 3.29. The number of nitrogens with zero attached hydrogens (tertiary/aromatic N) is 3. The second-order valence-corrected chi connectivity index (χ2v) is 4.11. The third-order valence-corrected chi connectivity index (χ3v) is 2.66. The molecule has 0 bridgehead atoms. The van der Waals surface area contributed by atoms with Crippen LogP contribution in [0.1, 0.15) is 5.56 Å². The molecule has 0 radical (unpaired) electrons. The predicted molar refractivity (Wildman–Crippen MR) is 69.7 cm³/mol. The van der Waals surface area contributed by atoms with E-state index in [1.54, 1.807) is 17.1 Å². The fraction of sp³-hybridized carbons (Fsp3) is 0.250. The monoisotopic (exact) mass is 280 g/mol. The van der Waals surface area contributed by atoms with Gasteiger partial charge in [0.25, 0.3) is 0 Å². The molecule has 0 aliphatic heterocycles. The van der Waals surface area contributed by atoms with Crippen LogP contribution in [0.4, 0.5) is 15.8 Å². The Hall–Kier alpha value is -2.48. The van der Waals surface area contributed by atoms with Crippen LogP contribution in [0.25, 0.3) is 0 Å². The Morgan fingerprint density at radius 1 is 1.50 bits per heavy atom. The van der Waals surface area contributed by atoms with Crippen molar-refractivity contribution in [1.82, 2.24) is 9.78 Å². The molecule has 1 aromatic carbocycles. The lowest BCUT2D eigenvalue weighted by molar-refractivity contribution is -0.387. The molecule has 2 N–H and O–H groups in total. The van der Waals surface area contributed by atoms with Gasteiger partial charge in [-0.05, 0) is 12.1 Å². The number of rotatable bonds is 6. The Balaban J connectivity index is 2.03. The second kappa shape index (κ2) is 6.11. The van der Waals surface area contributed by atoms with Gasteiger partial charge in [0, 0.05) is 30.1 Å². The molecular weight excluding hydrogens is 267 g/mol. The number of anilines is 1. The molecule has 0 fully saturated rings. The molecule has 2 aromatic rings. The molecule has 0 saturated carbocycles. The summed E-state index contributed by atoms with van der Waals surface area (Å²) < 4.78 is 14.8. The first-order chi connectivity index (χ1) is 9.60. The molecule has 1 aromatic heterocycles. The molecule has 0 amide bonds. The molecule has 0 aliphatic rings. The number of benzene rings is 1. The Kier molecular flexibility index (Phi) is 4.26. The normalized spacial score (nSPS) is 10.5. The smallest absolute Gasteiger partial charge is 0.306 e. The zero-order chi connectivity index (χ0) is 14.5. The Bertz CT molecular complexity index is 614. The van der Waals surface area contributed by atoms with Crippen LogP contribution in [0.3, 0.4) is 0 Å². The van der Waals surface area contributed by atoms with Crippen molar-refractivity contribution in [2.45, 2.75) is 13.1 Å². The Labute approximate surface area is 113 Å². The maximum atomic E-state index is 13.2. The first-order valence-corrected chi connectivity index (χ1v) is 5.90. The molecule has 0 unspecified atom stereocenters. The molecule has 20 heavy (non-hydrogen) atoms. The highest BCUT2D eigenvalue weighted by molar-refractivity contribution is 5.51. The molecule has 0 aliphatic carbocycles. The van der Waals surface area contributed by atoms with Gasteiger partial charge in [-0.2, -0.15) is 9.49 Å². The number of halogens is 1. The zero-order valence-corrected chi connectivity index (χ0v) is 10.5. The van der Waals surface area contributed by atoms with Crippen molar-refractivity contribution >= 4 is 11.4 Å². The van der Waals surface area contributed by atoms with E-state index in [-0.39, 0.29) is 6.61 Å². The van der Waals surface area contributed by atoms with E-state index in [9.17, 15) is 14.5 Å². The van der Waals surface area contributed by atoms with Gasteiger partial charge in [0.1, 0.15) is 0 Å². The number of hydrogen-bond acceptors (Lipinski definition) is 5. The Morgan fingerprint density at radius 2 is 2.30 bits per heavy atom. The van der Waals surface area contributed by atoms with Crippen LogP contribution in [-0.2, 0) is 13.1 Å². The number of aliphatic hydroxyl groups excluding tert-OH is 1. The lowest BCUT2D eigenvalue weighted by Crippen LogP contribution is -2.02. The van der Waals surface area contributed by atoms with Crippen molar-refractivity contribution in [2.24, 2.45) is 0 Å². The van der Waals surface area contributed by atoms with Crippen LogP contribution < -0.4 is 5.32 Å². The number of nitro benzene ring substituents is 1. The summed E-state index contributed by atoms with van der Waals surface area (Å²) >= 11 is 0. The Morgan fingerprint density at radius 3 is 3.00 bits per heavy atom. The maximum Gasteiger partial charge on any atom is 0.306 e. The van der Waals surface area contributed by atoms with Crippen molar-refractivity contribution in [3.63, 3.8) is 0 Å². The minimum Gasteiger partial charge on any atom is -0.394 e. The van der Waals surface area contributed by atoms with Gasteiger partial charge in [-0.25, -0.2) is 0 Å². The van der Waals surface area contributed by atoms with E-state index in [1.807, 2.05) is 0 Å². The van der Waals surface area contributed by atoms with Crippen LogP contribution in [0.15, 0.2) is 30.6 Å². The lowest BCUT2D eigenvalue weighted by atomic mass is 10.2. The number of aromatic nitrogens is 2. The van der Waals surface area contributed by atoms with E-state index >= 15 is 0 Å². The summed E-state index contributed by atoms with van der Waals surface area (Å²) in [6.45, 7) is 0.801. The fourth-order valence-corrected chi connectivity index (χ4v) is 1.69. The van der Waals surface area contributed by atoms with Crippen molar-refractivity contribution in [3.8, 4) is 0 Å². The topological polar surface area (TPSA) is 93.2 Å². The molecule has 8 heteroatoms. The van der Waals surface area contributed by atoms with Crippen molar-refractivity contribution < 1.29 is 14.4 Å². The van der Waals surface area contributed by atoms with Crippen LogP contribution in [0.5, 0.6) is 0 Å². The van der Waals surface area contributed by atoms with Crippen molar-refractivity contribution in [3.05, 3.63) is 52.1 Å². The van der Waals surface area contributed by atoms with Gasteiger partial charge in [-0.1, -0.05) is 0 Å². The van der Waals surface area contributed by atoms with Crippen molar-refractivity contribution in [1.29, 1.82) is 0 Å². The summed E-state index contributed by atoms with van der Waals surface area (Å²) in [7, 11) is 0. The highest BCUT2D eigenvalue weighted by Gasteiger charge is 2.14. The van der Waals surface area contributed by atoms with E-state index in [1.165, 1.54) is 6.07 Å². The van der Waals surface area contributed by atoms with E-state index in [2.05, 4.69) is 10.4 Å². The van der Waals surface area contributed by atoms with E-state index < -0.39 is 16.4 Å². The third-order valence-electron chi connectivity index (χ3n) is 2.66. The zero-order valence-electron chi connectivity index (χ0n) is 10.5. The molecule has 2 rings (SSSR count). The molecule has 0 atom stereocenters. The summed E-state index contributed by atoms with van der Waals surface area (Å²) in [6, 6.07) is 3.63. The second-order valence-electron chi connectivity index (χ2n) is 4.11. The van der Waals surface area contributed by atoms with Crippen LogP contribution >= 0.6 is 0 Å². The van der Waals surface area contributed by atoms with Gasteiger partial charge < -0.3 is 10.4 Å². The predicted octanol–water partition coefficient (Wildman–Crippen LogP) is 1.53. The van der Waals surface area contributed by atoms with E-state index in [0.717, 1.165) is 17.7 Å². The first kappa shape index (κ1) is 13.9.